The second-order valence-electron chi connectivity index (χ2n) is 7.83. The Bertz CT molecular complexity index is 804. The van der Waals surface area contributed by atoms with E-state index in [1.54, 1.807) is 24.3 Å². The topological polar surface area (TPSA) is 133 Å². The van der Waals surface area contributed by atoms with Gasteiger partial charge in [0.15, 0.2) is 0 Å². The summed E-state index contributed by atoms with van der Waals surface area (Å²) in [6, 6.07) is 6.92. The molecule has 1 aromatic carbocycles. The Morgan fingerprint density at radius 1 is 0.719 bits per heavy atom. The number of imide groups is 1. The van der Waals surface area contributed by atoms with E-state index in [-0.39, 0.29) is 24.3 Å². The molecule has 1 aromatic rings. The lowest BCUT2D eigenvalue weighted by Gasteiger charge is -2.13. The van der Waals surface area contributed by atoms with Gasteiger partial charge < -0.3 is 15.7 Å². The van der Waals surface area contributed by atoms with Crippen LogP contribution in [0.4, 0.5) is 0 Å². The molecule has 0 fully saturated rings. The number of carbonyl (C=O) groups is 5. The lowest BCUT2D eigenvalue weighted by Crippen LogP contribution is -2.38. The van der Waals surface area contributed by atoms with Crippen molar-refractivity contribution in [3.63, 3.8) is 0 Å². The number of hydrogen-bond donors (Lipinski definition) is 3. The minimum atomic E-state index is -1.13. The zero-order valence-corrected chi connectivity index (χ0v) is 18.2. The van der Waals surface area contributed by atoms with Gasteiger partial charge in [-0.05, 0) is 25.0 Å². The van der Waals surface area contributed by atoms with Crippen LogP contribution in [0, 0.1) is 0 Å². The van der Waals surface area contributed by atoms with Crippen molar-refractivity contribution in [3.05, 3.63) is 35.4 Å². The van der Waals surface area contributed by atoms with E-state index in [9.17, 15) is 24.0 Å². The molecular formula is C23H31N3O6. The summed E-state index contributed by atoms with van der Waals surface area (Å²) in [6.07, 6.45) is 7.94. The number of carboxylic acids is 1. The number of benzene rings is 1. The first-order valence-corrected chi connectivity index (χ1v) is 11.1. The minimum Gasteiger partial charge on any atom is -0.480 e. The van der Waals surface area contributed by atoms with Crippen molar-refractivity contribution in [3.8, 4) is 0 Å². The minimum absolute atomic E-state index is 0.199. The highest BCUT2D eigenvalue weighted by molar-refractivity contribution is 6.21. The van der Waals surface area contributed by atoms with Gasteiger partial charge in [-0.3, -0.25) is 28.9 Å². The van der Waals surface area contributed by atoms with E-state index in [1.807, 2.05) is 0 Å². The summed E-state index contributed by atoms with van der Waals surface area (Å²) >= 11 is 0. The number of unbranched alkanes of at least 4 members (excludes halogenated alkanes) is 7. The van der Waals surface area contributed by atoms with Gasteiger partial charge in [-0.15, -0.1) is 0 Å². The molecular weight excluding hydrogens is 414 g/mol. The molecule has 0 saturated carbocycles. The first-order valence-electron chi connectivity index (χ1n) is 11.1. The fraction of sp³-hybridized carbons (Fsp3) is 0.522. The fourth-order valence-corrected chi connectivity index (χ4v) is 3.56. The maximum Gasteiger partial charge on any atom is 0.322 e. The summed E-state index contributed by atoms with van der Waals surface area (Å²) in [5, 5.41) is 13.1. The van der Waals surface area contributed by atoms with Crippen LogP contribution in [0.5, 0.6) is 0 Å². The van der Waals surface area contributed by atoms with E-state index in [2.05, 4.69) is 10.6 Å². The molecule has 0 radical (unpaired) electrons. The van der Waals surface area contributed by atoms with Crippen LogP contribution < -0.4 is 10.6 Å². The highest BCUT2D eigenvalue weighted by Gasteiger charge is 2.34. The van der Waals surface area contributed by atoms with E-state index in [1.165, 1.54) is 4.90 Å². The number of rotatable bonds is 15. The highest BCUT2D eigenvalue weighted by atomic mass is 16.4. The predicted molar refractivity (Wildman–Crippen MR) is 117 cm³/mol. The van der Waals surface area contributed by atoms with Crippen molar-refractivity contribution in [2.75, 3.05) is 19.6 Å². The highest BCUT2D eigenvalue weighted by Crippen LogP contribution is 2.23. The van der Waals surface area contributed by atoms with Crippen molar-refractivity contribution < 1.29 is 29.1 Å². The zero-order valence-electron chi connectivity index (χ0n) is 18.2. The van der Waals surface area contributed by atoms with Crippen molar-refractivity contribution >= 4 is 29.6 Å². The lowest BCUT2D eigenvalue weighted by atomic mass is 10.1. The van der Waals surface area contributed by atoms with Crippen LogP contribution >= 0.6 is 0 Å². The van der Waals surface area contributed by atoms with Gasteiger partial charge in [0, 0.05) is 13.0 Å². The maximum atomic E-state index is 12.3. The Morgan fingerprint density at radius 3 is 1.78 bits per heavy atom. The molecule has 0 saturated heterocycles. The first kappa shape index (κ1) is 25.0. The van der Waals surface area contributed by atoms with Crippen LogP contribution in [0.15, 0.2) is 24.3 Å². The number of nitrogens with one attached hydrogen (secondary N) is 2. The van der Waals surface area contributed by atoms with E-state index >= 15 is 0 Å². The van der Waals surface area contributed by atoms with E-state index in [0.29, 0.717) is 24.1 Å². The number of amides is 4. The molecule has 0 atom stereocenters. The molecule has 1 aliphatic heterocycles. The summed E-state index contributed by atoms with van der Waals surface area (Å²) in [4.78, 5) is 59.2. The van der Waals surface area contributed by atoms with Crippen LogP contribution in [0.2, 0.25) is 0 Å². The molecule has 1 heterocycles. The van der Waals surface area contributed by atoms with Gasteiger partial charge >= 0.3 is 5.97 Å². The molecule has 2 rings (SSSR count). The molecule has 0 aromatic heterocycles. The Labute approximate surface area is 187 Å². The third-order valence-corrected chi connectivity index (χ3v) is 5.30. The van der Waals surface area contributed by atoms with Crippen LogP contribution in [0.25, 0.3) is 0 Å². The number of carboxylic acid groups (broad SMARTS) is 1. The van der Waals surface area contributed by atoms with Crippen LogP contribution in [-0.2, 0) is 14.4 Å². The van der Waals surface area contributed by atoms with Gasteiger partial charge in [0.25, 0.3) is 11.8 Å². The fourth-order valence-electron chi connectivity index (χ4n) is 3.56. The van der Waals surface area contributed by atoms with Crippen molar-refractivity contribution in [1.29, 1.82) is 0 Å². The van der Waals surface area contributed by atoms with Crippen molar-refractivity contribution in [1.82, 2.24) is 15.5 Å². The lowest BCUT2D eigenvalue weighted by molar-refractivity contribution is -0.137. The molecule has 0 spiro atoms. The zero-order chi connectivity index (χ0) is 23.3. The van der Waals surface area contributed by atoms with Gasteiger partial charge in [-0.1, -0.05) is 50.7 Å². The Kier molecular flexibility index (Phi) is 10.4. The Balaban J connectivity index is 1.43. The van der Waals surface area contributed by atoms with Crippen LogP contribution in [0.3, 0.4) is 0 Å². The molecule has 174 valence electrons. The van der Waals surface area contributed by atoms with Gasteiger partial charge in [0.1, 0.15) is 6.54 Å². The quantitative estimate of drug-likeness (QED) is 0.280. The largest absolute Gasteiger partial charge is 0.480 e. The molecule has 0 aliphatic carbocycles. The first-order chi connectivity index (χ1) is 15.4. The SMILES string of the molecule is O=C(O)CNC(=O)CNC(=O)CCCCCCCCCCN1C(=O)c2ccccc2C1=O. The normalized spacial score (nSPS) is 12.6. The summed E-state index contributed by atoms with van der Waals surface area (Å²) in [5.74, 6) is -2.27. The number of aliphatic carboxylic acids is 1. The van der Waals surface area contributed by atoms with Gasteiger partial charge in [-0.2, -0.15) is 0 Å². The monoisotopic (exact) mass is 445 g/mol. The Morgan fingerprint density at radius 2 is 1.22 bits per heavy atom. The molecule has 32 heavy (non-hydrogen) atoms. The number of nitrogens with zero attached hydrogens (tertiary/aromatic N) is 1. The molecule has 9 nitrogen and oxygen atoms in total. The third kappa shape index (κ3) is 8.13. The number of carbonyl (C=O) groups excluding carboxylic acids is 4. The summed E-state index contributed by atoms with van der Waals surface area (Å²) in [6.45, 7) is -0.222. The molecule has 0 bridgehead atoms. The number of hydrogen-bond acceptors (Lipinski definition) is 5. The van der Waals surface area contributed by atoms with E-state index in [4.69, 9.17) is 5.11 Å². The predicted octanol–water partition coefficient (Wildman–Crippen LogP) is 2.11. The van der Waals surface area contributed by atoms with Gasteiger partial charge in [0.2, 0.25) is 11.8 Å². The maximum absolute atomic E-state index is 12.3. The smallest absolute Gasteiger partial charge is 0.322 e. The van der Waals surface area contributed by atoms with Crippen molar-refractivity contribution in [2.24, 2.45) is 0 Å². The molecule has 3 N–H and O–H groups in total. The molecule has 1 aliphatic rings. The average Bonchev–Trinajstić information content (AvgIpc) is 3.02. The van der Waals surface area contributed by atoms with E-state index in [0.717, 1.165) is 51.4 Å². The second-order valence-corrected chi connectivity index (χ2v) is 7.83. The van der Waals surface area contributed by atoms with Gasteiger partial charge in [0.05, 0.1) is 17.7 Å². The Hall–Kier alpha value is -3.23. The average molecular weight is 446 g/mol. The standard InChI is InChI=1S/C23H31N3O6/c27-19(24-15-20(28)25-16-21(29)30)13-7-5-3-1-2-4-6-10-14-26-22(31)17-11-8-9-12-18(17)23(26)32/h8-9,11-12H,1-7,10,13-16H2,(H,24,27)(H,25,28)(H,29,30). The van der Waals surface area contributed by atoms with Crippen molar-refractivity contribution in [2.45, 2.75) is 57.8 Å². The number of fused-ring (bicyclic) bond motifs is 1. The van der Waals surface area contributed by atoms with E-state index < -0.39 is 18.4 Å². The summed E-state index contributed by atoms with van der Waals surface area (Å²) < 4.78 is 0. The second kappa shape index (κ2) is 13.2. The van der Waals surface area contributed by atoms with Gasteiger partial charge in [-0.25, -0.2) is 0 Å². The molecule has 0 unspecified atom stereocenters. The third-order valence-electron chi connectivity index (χ3n) is 5.30. The molecule has 9 heteroatoms. The summed E-state index contributed by atoms with van der Waals surface area (Å²) in [5.41, 5.74) is 0.986. The summed E-state index contributed by atoms with van der Waals surface area (Å²) in [7, 11) is 0. The molecule has 4 amide bonds. The van der Waals surface area contributed by atoms with Crippen LogP contribution in [-0.4, -0.2) is 59.2 Å². The van der Waals surface area contributed by atoms with Crippen LogP contribution in [0.1, 0.15) is 78.5 Å².